The number of hydrogen-bond donors (Lipinski definition) is 1. The number of nitrogens with two attached hydrogens (primary N) is 1. The number of hydrogen-bond acceptors (Lipinski definition) is 5. The van der Waals surface area contributed by atoms with Crippen molar-refractivity contribution in [1.82, 2.24) is 29.3 Å². The van der Waals surface area contributed by atoms with Crippen molar-refractivity contribution in [2.75, 3.05) is 39.3 Å². The SMILES string of the molecule is CCN(CC)Cc1cnc2c(C(=O)N3CCN(C(N)=O)CC3)cnn2c1. The molecular formula is C17H25N7O2. The van der Waals surface area contributed by atoms with Crippen molar-refractivity contribution in [2.45, 2.75) is 20.4 Å². The molecule has 1 aliphatic heterocycles. The van der Waals surface area contributed by atoms with E-state index in [1.165, 1.54) is 4.90 Å². The van der Waals surface area contributed by atoms with Gasteiger partial charge >= 0.3 is 6.03 Å². The molecular weight excluding hydrogens is 334 g/mol. The Morgan fingerprint density at radius 1 is 1.12 bits per heavy atom. The maximum Gasteiger partial charge on any atom is 0.314 e. The highest BCUT2D eigenvalue weighted by Gasteiger charge is 2.26. The minimum atomic E-state index is -0.449. The molecule has 1 fully saturated rings. The Morgan fingerprint density at radius 2 is 1.77 bits per heavy atom. The number of piperazine rings is 1. The van der Waals surface area contributed by atoms with Crippen molar-refractivity contribution in [3.05, 3.63) is 29.7 Å². The third-order valence-corrected chi connectivity index (χ3v) is 4.82. The zero-order chi connectivity index (χ0) is 18.7. The molecule has 3 heterocycles. The largest absolute Gasteiger partial charge is 0.351 e. The average molecular weight is 359 g/mol. The molecule has 3 amide bonds. The summed E-state index contributed by atoms with van der Waals surface area (Å²) in [5, 5.41) is 4.30. The van der Waals surface area contributed by atoms with Gasteiger partial charge in [-0.25, -0.2) is 14.3 Å². The molecule has 0 bridgehead atoms. The lowest BCUT2D eigenvalue weighted by Gasteiger charge is -2.33. The van der Waals surface area contributed by atoms with Crippen LogP contribution in [0.3, 0.4) is 0 Å². The molecule has 0 unspecified atom stereocenters. The standard InChI is InChI=1S/C17H25N7O2/c1-3-21(4-2)11-13-9-19-15-14(10-20-24(15)12-13)16(25)22-5-7-23(8-6-22)17(18)26/h9-10,12H,3-8,11H2,1-2H3,(H2,18,26). The highest BCUT2D eigenvalue weighted by molar-refractivity contribution is 5.99. The average Bonchev–Trinajstić information content (AvgIpc) is 3.08. The number of fused-ring (bicyclic) bond motifs is 1. The van der Waals surface area contributed by atoms with Gasteiger partial charge in [-0.05, 0) is 13.1 Å². The van der Waals surface area contributed by atoms with Crippen LogP contribution in [0.25, 0.3) is 5.65 Å². The summed E-state index contributed by atoms with van der Waals surface area (Å²) in [6, 6.07) is -0.449. The molecule has 0 spiro atoms. The number of carbonyl (C=O) groups excluding carboxylic acids is 2. The second-order valence-corrected chi connectivity index (χ2v) is 6.37. The van der Waals surface area contributed by atoms with Crippen LogP contribution in [-0.2, 0) is 6.54 Å². The Hall–Kier alpha value is -2.68. The molecule has 9 nitrogen and oxygen atoms in total. The lowest BCUT2D eigenvalue weighted by Crippen LogP contribution is -2.52. The summed E-state index contributed by atoms with van der Waals surface area (Å²) in [5.41, 5.74) is 7.37. The molecule has 140 valence electrons. The molecule has 0 atom stereocenters. The number of amides is 3. The molecule has 0 radical (unpaired) electrons. The monoisotopic (exact) mass is 359 g/mol. The summed E-state index contributed by atoms with van der Waals surface area (Å²) < 4.78 is 1.66. The van der Waals surface area contributed by atoms with E-state index in [-0.39, 0.29) is 5.91 Å². The van der Waals surface area contributed by atoms with Crippen molar-refractivity contribution < 1.29 is 9.59 Å². The van der Waals surface area contributed by atoms with E-state index in [2.05, 4.69) is 28.8 Å². The molecule has 2 aromatic heterocycles. The van der Waals surface area contributed by atoms with Crippen LogP contribution >= 0.6 is 0 Å². The van der Waals surface area contributed by atoms with Gasteiger partial charge < -0.3 is 15.5 Å². The minimum Gasteiger partial charge on any atom is -0.351 e. The third-order valence-electron chi connectivity index (χ3n) is 4.82. The first kappa shape index (κ1) is 18.1. The molecule has 0 saturated carbocycles. The lowest BCUT2D eigenvalue weighted by molar-refractivity contribution is 0.0671. The topological polar surface area (TPSA) is 100 Å². The van der Waals surface area contributed by atoms with Crippen LogP contribution in [-0.4, -0.2) is 80.5 Å². The van der Waals surface area contributed by atoms with E-state index in [0.29, 0.717) is 37.4 Å². The van der Waals surface area contributed by atoms with Crippen molar-refractivity contribution in [3.63, 3.8) is 0 Å². The molecule has 0 aliphatic carbocycles. The van der Waals surface area contributed by atoms with Gasteiger partial charge in [-0.3, -0.25) is 9.69 Å². The second-order valence-electron chi connectivity index (χ2n) is 6.37. The Balaban J connectivity index is 1.74. The second kappa shape index (κ2) is 7.69. The van der Waals surface area contributed by atoms with Crippen LogP contribution in [0.1, 0.15) is 29.8 Å². The fourth-order valence-electron chi connectivity index (χ4n) is 3.15. The van der Waals surface area contributed by atoms with Crippen LogP contribution in [0.5, 0.6) is 0 Å². The summed E-state index contributed by atoms with van der Waals surface area (Å²) in [7, 11) is 0. The maximum absolute atomic E-state index is 12.8. The summed E-state index contributed by atoms with van der Waals surface area (Å²) in [6.45, 7) is 8.79. The molecule has 2 N–H and O–H groups in total. The fourth-order valence-corrected chi connectivity index (χ4v) is 3.15. The molecule has 2 aromatic rings. The van der Waals surface area contributed by atoms with Crippen molar-refractivity contribution in [3.8, 4) is 0 Å². The van der Waals surface area contributed by atoms with Gasteiger partial charge in [0.15, 0.2) is 5.65 Å². The molecule has 3 rings (SSSR count). The maximum atomic E-state index is 12.8. The van der Waals surface area contributed by atoms with E-state index < -0.39 is 6.03 Å². The zero-order valence-corrected chi connectivity index (χ0v) is 15.3. The van der Waals surface area contributed by atoms with Crippen LogP contribution in [0.2, 0.25) is 0 Å². The summed E-state index contributed by atoms with van der Waals surface area (Å²) in [4.78, 5) is 34.0. The van der Waals surface area contributed by atoms with Gasteiger partial charge in [0.25, 0.3) is 5.91 Å². The summed E-state index contributed by atoms with van der Waals surface area (Å²) >= 11 is 0. The van der Waals surface area contributed by atoms with Crippen LogP contribution in [0, 0.1) is 0 Å². The van der Waals surface area contributed by atoms with Gasteiger partial charge in [0.1, 0.15) is 5.56 Å². The lowest BCUT2D eigenvalue weighted by atomic mass is 10.2. The van der Waals surface area contributed by atoms with Crippen LogP contribution in [0.4, 0.5) is 4.79 Å². The zero-order valence-electron chi connectivity index (χ0n) is 15.3. The highest BCUT2D eigenvalue weighted by Crippen LogP contribution is 2.14. The van der Waals surface area contributed by atoms with Gasteiger partial charge in [0, 0.05) is 50.7 Å². The van der Waals surface area contributed by atoms with E-state index in [1.54, 1.807) is 21.8 Å². The van der Waals surface area contributed by atoms with Gasteiger partial charge in [0.2, 0.25) is 0 Å². The van der Waals surface area contributed by atoms with Crippen molar-refractivity contribution in [2.24, 2.45) is 5.73 Å². The smallest absolute Gasteiger partial charge is 0.314 e. The Morgan fingerprint density at radius 3 is 2.38 bits per heavy atom. The summed E-state index contributed by atoms with van der Waals surface area (Å²) in [6.07, 6.45) is 5.28. The van der Waals surface area contributed by atoms with Gasteiger partial charge in [-0.15, -0.1) is 0 Å². The fraction of sp³-hybridized carbons (Fsp3) is 0.529. The van der Waals surface area contributed by atoms with Crippen LogP contribution in [0.15, 0.2) is 18.6 Å². The van der Waals surface area contributed by atoms with Gasteiger partial charge in [0.05, 0.1) is 6.20 Å². The number of urea groups is 1. The normalized spacial score (nSPS) is 15.0. The molecule has 9 heteroatoms. The van der Waals surface area contributed by atoms with Crippen LogP contribution < -0.4 is 5.73 Å². The third kappa shape index (κ3) is 3.62. The first-order valence-electron chi connectivity index (χ1n) is 8.91. The van der Waals surface area contributed by atoms with E-state index in [1.807, 2.05) is 6.20 Å². The van der Waals surface area contributed by atoms with E-state index in [4.69, 9.17) is 5.73 Å². The quantitative estimate of drug-likeness (QED) is 0.833. The van der Waals surface area contributed by atoms with Crippen molar-refractivity contribution >= 4 is 17.6 Å². The Kier molecular flexibility index (Phi) is 5.36. The first-order chi connectivity index (χ1) is 12.5. The molecule has 1 saturated heterocycles. The Labute approximate surface area is 152 Å². The minimum absolute atomic E-state index is 0.117. The van der Waals surface area contributed by atoms with E-state index in [9.17, 15) is 9.59 Å². The number of carbonyl (C=O) groups is 2. The van der Waals surface area contributed by atoms with Gasteiger partial charge in [-0.1, -0.05) is 13.8 Å². The number of primary amides is 1. The number of rotatable bonds is 5. The molecule has 26 heavy (non-hydrogen) atoms. The highest BCUT2D eigenvalue weighted by atomic mass is 16.2. The van der Waals surface area contributed by atoms with Gasteiger partial charge in [-0.2, -0.15) is 5.10 Å². The molecule has 0 aromatic carbocycles. The van der Waals surface area contributed by atoms with Crippen molar-refractivity contribution in [1.29, 1.82) is 0 Å². The Bertz CT molecular complexity index is 792. The first-order valence-corrected chi connectivity index (χ1v) is 8.91. The number of aromatic nitrogens is 3. The predicted molar refractivity (Wildman–Crippen MR) is 96.7 cm³/mol. The summed E-state index contributed by atoms with van der Waals surface area (Å²) in [5.74, 6) is -0.117. The van der Waals surface area contributed by atoms with E-state index >= 15 is 0 Å². The molecule has 1 aliphatic rings. The van der Waals surface area contributed by atoms with E-state index in [0.717, 1.165) is 25.2 Å². The number of nitrogens with zero attached hydrogens (tertiary/aromatic N) is 6. The predicted octanol–water partition coefficient (Wildman–Crippen LogP) is 0.408.